The summed E-state index contributed by atoms with van der Waals surface area (Å²) < 4.78 is 35.1. The number of nitrogens with one attached hydrogen (secondary N) is 2. The molecule has 2 aromatic carbocycles. The van der Waals surface area contributed by atoms with Crippen LogP contribution in [-0.4, -0.2) is 27.5 Å². The molecular formula is C16H16N2O5S. The van der Waals surface area contributed by atoms with E-state index in [4.69, 9.17) is 9.47 Å². The van der Waals surface area contributed by atoms with Crippen LogP contribution in [0.5, 0.6) is 11.5 Å². The van der Waals surface area contributed by atoms with Crippen molar-refractivity contribution in [2.45, 2.75) is 11.8 Å². The second kappa shape index (κ2) is 6.50. The first-order valence-electron chi connectivity index (χ1n) is 7.24. The van der Waals surface area contributed by atoms with Crippen LogP contribution >= 0.6 is 0 Å². The Morgan fingerprint density at radius 2 is 1.67 bits per heavy atom. The van der Waals surface area contributed by atoms with Crippen LogP contribution in [0, 0.1) is 6.92 Å². The summed E-state index contributed by atoms with van der Waals surface area (Å²) in [5.41, 5.74) is 3.38. The van der Waals surface area contributed by atoms with Crippen molar-refractivity contribution >= 4 is 15.9 Å². The van der Waals surface area contributed by atoms with E-state index in [1.54, 1.807) is 18.2 Å². The third-order valence-electron chi connectivity index (χ3n) is 3.43. The molecule has 3 rings (SSSR count). The highest BCUT2D eigenvalue weighted by atomic mass is 32.2. The summed E-state index contributed by atoms with van der Waals surface area (Å²) in [4.78, 5) is 14.3. The maximum atomic E-state index is 12.1. The highest BCUT2D eigenvalue weighted by Crippen LogP contribution is 2.30. The Kier molecular flexibility index (Phi) is 4.41. The number of fused-ring (bicyclic) bond motifs is 1. The first kappa shape index (κ1) is 16.3. The maximum absolute atomic E-state index is 12.1. The molecule has 0 radical (unpaired) electrons. The van der Waals surface area contributed by atoms with Crippen LogP contribution in [0.4, 0.5) is 0 Å². The number of hydrazine groups is 1. The highest BCUT2D eigenvalue weighted by molar-refractivity contribution is 7.89. The molecule has 0 aliphatic carbocycles. The molecule has 0 bridgehead atoms. The minimum absolute atomic E-state index is 0.0653. The number of hydrogen-bond acceptors (Lipinski definition) is 5. The van der Waals surface area contributed by atoms with E-state index in [2.05, 4.69) is 10.3 Å². The number of aryl methyl sites for hydroxylation is 1. The molecule has 1 heterocycles. The Balaban J connectivity index is 1.70. The van der Waals surface area contributed by atoms with Crippen LogP contribution < -0.4 is 19.7 Å². The minimum atomic E-state index is -3.84. The molecule has 0 aromatic heterocycles. The molecule has 1 amide bonds. The molecule has 0 spiro atoms. The van der Waals surface area contributed by atoms with Gasteiger partial charge in [-0.2, -0.15) is 0 Å². The van der Waals surface area contributed by atoms with E-state index in [1.807, 2.05) is 6.92 Å². The van der Waals surface area contributed by atoms with Crippen molar-refractivity contribution in [1.82, 2.24) is 10.3 Å². The van der Waals surface area contributed by atoms with Crippen LogP contribution in [0.3, 0.4) is 0 Å². The van der Waals surface area contributed by atoms with Gasteiger partial charge < -0.3 is 9.47 Å². The van der Waals surface area contributed by atoms with Gasteiger partial charge in [0.2, 0.25) is 0 Å². The van der Waals surface area contributed by atoms with E-state index < -0.39 is 15.9 Å². The Morgan fingerprint density at radius 1 is 1.00 bits per heavy atom. The summed E-state index contributed by atoms with van der Waals surface area (Å²) in [5, 5.41) is 0. The summed E-state index contributed by atoms with van der Waals surface area (Å²) in [6.45, 7) is 2.71. The molecule has 0 unspecified atom stereocenters. The van der Waals surface area contributed by atoms with Crippen molar-refractivity contribution in [3.05, 3.63) is 53.6 Å². The molecule has 1 aliphatic rings. The van der Waals surface area contributed by atoms with Crippen molar-refractivity contribution in [3.8, 4) is 11.5 Å². The van der Waals surface area contributed by atoms with E-state index in [0.717, 1.165) is 5.56 Å². The van der Waals surface area contributed by atoms with E-state index in [1.165, 1.54) is 24.3 Å². The fourth-order valence-corrected chi connectivity index (χ4v) is 2.99. The van der Waals surface area contributed by atoms with Gasteiger partial charge in [0.05, 0.1) is 4.90 Å². The lowest BCUT2D eigenvalue weighted by Gasteiger charge is -2.18. The number of benzene rings is 2. The quantitative estimate of drug-likeness (QED) is 0.815. The third kappa shape index (κ3) is 3.50. The van der Waals surface area contributed by atoms with Crippen molar-refractivity contribution in [2.75, 3.05) is 13.2 Å². The normalized spacial score (nSPS) is 13.4. The third-order valence-corrected chi connectivity index (χ3v) is 4.70. The van der Waals surface area contributed by atoms with E-state index in [0.29, 0.717) is 24.7 Å². The monoisotopic (exact) mass is 348 g/mol. The van der Waals surface area contributed by atoms with Gasteiger partial charge in [0, 0.05) is 5.56 Å². The predicted molar refractivity (Wildman–Crippen MR) is 86.4 cm³/mol. The maximum Gasteiger partial charge on any atom is 0.266 e. The Morgan fingerprint density at radius 3 is 2.38 bits per heavy atom. The number of carbonyl (C=O) groups is 1. The average Bonchev–Trinajstić information content (AvgIpc) is 2.59. The number of ether oxygens (including phenoxy) is 2. The number of sulfonamides is 1. The largest absolute Gasteiger partial charge is 0.486 e. The summed E-state index contributed by atoms with van der Waals surface area (Å²) in [5.74, 6) is 0.413. The zero-order chi connectivity index (χ0) is 17.2. The van der Waals surface area contributed by atoms with Gasteiger partial charge in [0.15, 0.2) is 11.5 Å². The van der Waals surface area contributed by atoms with Gasteiger partial charge in [-0.15, -0.1) is 4.83 Å². The second-order valence-electron chi connectivity index (χ2n) is 5.23. The summed E-state index contributed by atoms with van der Waals surface area (Å²) in [7, 11) is -3.84. The van der Waals surface area contributed by atoms with Gasteiger partial charge in [-0.05, 0) is 37.3 Å². The van der Waals surface area contributed by atoms with Crippen LogP contribution in [0.2, 0.25) is 0 Å². The summed E-state index contributed by atoms with van der Waals surface area (Å²) in [6.07, 6.45) is 0. The molecule has 1 aliphatic heterocycles. The fraction of sp³-hybridized carbons (Fsp3) is 0.188. The molecule has 0 saturated carbocycles. The van der Waals surface area contributed by atoms with E-state index >= 15 is 0 Å². The van der Waals surface area contributed by atoms with Gasteiger partial charge in [-0.3, -0.25) is 10.2 Å². The molecule has 0 saturated heterocycles. The number of hydrogen-bond donors (Lipinski definition) is 2. The lowest BCUT2D eigenvalue weighted by molar-refractivity contribution is 0.0944. The van der Waals surface area contributed by atoms with Gasteiger partial charge in [0.1, 0.15) is 13.2 Å². The van der Waals surface area contributed by atoms with Crippen LogP contribution in [0.15, 0.2) is 47.4 Å². The molecule has 7 nitrogen and oxygen atoms in total. The smallest absolute Gasteiger partial charge is 0.266 e. The van der Waals surface area contributed by atoms with Gasteiger partial charge in [-0.1, -0.05) is 17.7 Å². The van der Waals surface area contributed by atoms with Gasteiger partial charge in [-0.25, -0.2) is 8.42 Å². The molecule has 8 heteroatoms. The number of rotatable bonds is 4. The Labute approximate surface area is 139 Å². The second-order valence-corrected chi connectivity index (χ2v) is 6.91. The predicted octanol–water partition coefficient (Wildman–Crippen LogP) is 1.39. The van der Waals surface area contributed by atoms with E-state index in [9.17, 15) is 13.2 Å². The lowest BCUT2D eigenvalue weighted by Crippen LogP contribution is -2.41. The standard InChI is InChI=1S/C16H16N2O5S/c1-11-2-5-13(6-3-11)24(20,21)18-17-16(19)12-4-7-14-15(10-12)23-9-8-22-14/h2-7,10,18H,8-9H2,1H3,(H,17,19). The average molecular weight is 348 g/mol. The Hall–Kier alpha value is -2.58. The molecule has 2 N–H and O–H groups in total. The molecule has 0 fully saturated rings. The molecule has 0 atom stereocenters. The fourth-order valence-electron chi connectivity index (χ4n) is 2.15. The minimum Gasteiger partial charge on any atom is -0.486 e. The molecular weight excluding hydrogens is 332 g/mol. The summed E-state index contributed by atoms with van der Waals surface area (Å²) >= 11 is 0. The van der Waals surface area contributed by atoms with Crippen LogP contribution in [0.1, 0.15) is 15.9 Å². The van der Waals surface area contributed by atoms with Crippen molar-refractivity contribution in [1.29, 1.82) is 0 Å². The first-order valence-corrected chi connectivity index (χ1v) is 8.72. The van der Waals surface area contributed by atoms with Crippen LogP contribution in [-0.2, 0) is 10.0 Å². The molecule has 2 aromatic rings. The topological polar surface area (TPSA) is 93.7 Å². The lowest BCUT2D eigenvalue weighted by atomic mass is 10.2. The van der Waals surface area contributed by atoms with Gasteiger partial charge >= 0.3 is 0 Å². The van der Waals surface area contributed by atoms with Crippen molar-refractivity contribution in [3.63, 3.8) is 0 Å². The highest BCUT2D eigenvalue weighted by Gasteiger charge is 2.18. The SMILES string of the molecule is Cc1ccc(S(=O)(=O)NNC(=O)c2ccc3c(c2)OCCO3)cc1. The molecule has 126 valence electrons. The summed E-state index contributed by atoms with van der Waals surface area (Å²) in [6, 6.07) is 10.9. The number of amides is 1. The van der Waals surface area contributed by atoms with E-state index in [-0.39, 0.29) is 10.5 Å². The van der Waals surface area contributed by atoms with Crippen molar-refractivity contribution < 1.29 is 22.7 Å². The van der Waals surface area contributed by atoms with Crippen molar-refractivity contribution in [2.24, 2.45) is 0 Å². The van der Waals surface area contributed by atoms with Gasteiger partial charge in [0.25, 0.3) is 15.9 Å². The first-order chi connectivity index (χ1) is 11.5. The van der Waals surface area contributed by atoms with Crippen LogP contribution in [0.25, 0.3) is 0 Å². The zero-order valence-corrected chi connectivity index (χ0v) is 13.7. The number of carbonyl (C=O) groups excluding carboxylic acids is 1. The zero-order valence-electron chi connectivity index (χ0n) is 12.9. The Bertz CT molecular complexity index is 863. The molecule has 24 heavy (non-hydrogen) atoms.